The number of aliphatic hydroxyl groups excluding tert-OH is 1. The van der Waals surface area contributed by atoms with Crippen LogP contribution in [0.4, 0.5) is 0 Å². The van der Waals surface area contributed by atoms with Gasteiger partial charge in [-0.15, -0.1) is 0 Å². The molecule has 2 saturated heterocycles. The van der Waals surface area contributed by atoms with Crippen LogP contribution in [0, 0.1) is 0 Å². The van der Waals surface area contributed by atoms with E-state index in [9.17, 15) is 5.11 Å². The Balaban J connectivity index is 1.59. The van der Waals surface area contributed by atoms with Crippen molar-refractivity contribution >= 4 is 0 Å². The molecule has 2 fully saturated rings. The Labute approximate surface area is 97.5 Å². The second-order valence-corrected chi connectivity index (χ2v) is 4.68. The van der Waals surface area contributed by atoms with Gasteiger partial charge in [0.2, 0.25) is 0 Å². The Kier molecular flexibility index (Phi) is 5.03. The van der Waals surface area contributed by atoms with E-state index in [2.05, 4.69) is 4.90 Å². The van der Waals surface area contributed by atoms with E-state index < -0.39 is 0 Å². The van der Waals surface area contributed by atoms with Crippen LogP contribution in [0.3, 0.4) is 0 Å². The average Bonchev–Trinajstić information content (AvgIpc) is 2.78. The van der Waals surface area contributed by atoms with Crippen LogP contribution in [0.5, 0.6) is 0 Å². The molecule has 2 aliphatic rings. The quantitative estimate of drug-likeness (QED) is 0.763. The molecule has 0 radical (unpaired) electrons. The van der Waals surface area contributed by atoms with E-state index in [1.807, 2.05) is 0 Å². The van der Waals surface area contributed by atoms with Crippen molar-refractivity contribution in [3.8, 4) is 0 Å². The molecule has 94 valence electrons. The summed E-state index contributed by atoms with van der Waals surface area (Å²) in [4.78, 5) is 2.32. The highest BCUT2D eigenvalue weighted by atomic mass is 16.7. The summed E-state index contributed by atoms with van der Waals surface area (Å²) in [6.07, 6.45) is 5.75. The molecule has 0 aromatic carbocycles. The standard InChI is InChI=1S/C12H23NO3/c14-10-11-4-3-6-13(11)7-9-16-12-5-1-2-8-15-12/h11-12,14H,1-10H2. The van der Waals surface area contributed by atoms with Crippen molar-refractivity contribution in [3.05, 3.63) is 0 Å². The SMILES string of the molecule is OCC1CCCN1CCOC1CCCCO1. The van der Waals surface area contributed by atoms with E-state index in [1.165, 1.54) is 19.3 Å². The highest BCUT2D eigenvalue weighted by molar-refractivity contribution is 4.77. The molecule has 4 nitrogen and oxygen atoms in total. The lowest BCUT2D eigenvalue weighted by Crippen LogP contribution is -2.36. The molecule has 0 aromatic rings. The monoisotopic (exact) mass is 229 g/mol. The molecule has 2 unspecified atom stereocenters. The van der Waals surface area contributed by atoms with Gasteiger partial charge in [0.15, 0.2) is 6.29 Å². The first-order valence-corrected chi connectivity index (χ1v) is 6.48. The van der Waals surface area contributed by atoms with Crippen molar-refractivity contribution in [3.63, 3.8) is 0 Å². The van der Waals surface area contributed by atoms with Crippen molar-refractivity contribution in [2.75, 3.05) is 32.9 Å². The second-order valence-electron chi connectivity index (χ2n) is 4.68. The molecule has 0 aromatic heterocycles. The van der Waals surface area contributed by atoms with Gasteiger partial charge in [-0.2, -0.15) is 0 Å². The summed E-state index contributed by atoms with van der Waals surface area (Å²) in [5, 5.41) is 9.18. The predicted molar refractivity (Wildman–Crippen MR) is 61.2 cm³/mol. The lowest BCUT2D eigenvalue weighted by Gasteiger charge is -2.26. The van der Waals surface area contributed by atoms with Crippen molar-refractivity contribution in [1.29, 1.82) is 0 Å². The number of hydrogen-bond donors (Lipinski definition) is 1. The first-order chi connectivity index (χ1) is 7.90. The van der Waals surface area contributed by atoms with Crippen LogP contribution in [-0.2, 0) is 9.47 Å². The summed E-state index contributed by atoms with van der Waals surface area (Å²) in [5.74, 6) is 0. The van der Waals surface area contributed by atoms with E-state index in [4.69, 9.17) is 9.47 Å². The van der Waals surface area contributed by atoms with Gasteiger partial charge in [0.25, 0.3) is 0 Å². The molecule has 16 heavy (non-hydrogen) atoms. The minimum Gasteiger partial charge on any atom is -0.395 e. The summed E-state index contributed by atoms with van der Waals surface area (Å²) in [5.41, 5.74) is 0. The zero-order chi connectivity index (χ0) is 11.2. The average molecular weight is 229 g/mol. The normalized spacial score (nSPS) is 32.1. The molecule has 1 N–H and O–H groups in total. The zero-order valence-corrected chi connectivity index (χ0v) is 9.94. The summed E-state index contributed by atoms with van der Waals surface area (Å²) in [7, 11) is 0. The predicted octanol–water partition coefficient (Wildman–Crippen LogP) is 0.986. The van der Waals surface area contributed by atoms with Crippen LogP contribution in [0.1, 0.15) is 32.1 Å². The largest absolute Gasteiger partial charge is 0.395 e. The summed E-state index contributed by atoms with van der Waals surface area (Å²) < 4.78 is 11.2. The van der Waals surface area contributed by atoms with Crippen LogP contribution in [0.15, 0.2) is 0 Å². The highest BCUT2D eigenvalue weighted by Gasteiger charge is 2.23. The fraction of sp³-hybridized carbons (Fsp3) is 1.00. The molecule has 0 saturated carbocycles. The molecular weight excluding hydrogens is 206 g/mol. The highest BCUT2D eigenvalue weighted by Crippen LogP contribution is 2.17. The first-order valence-electron chi connectivity index (χ1n) is 6.48. The van der Waals surface area contributed by atoms with Crippen LogP contribution < -0.4 is 0 Å². The van der Waals surface area contributed by atoms with Gasteiger partial charge in [0.05, 0.1) is 13.2 Å². The van der Waals surface area contributed by atoms with E-state index in [0.717, 1.165) is 39.1 Å². The number of hydrogen-bond acceptors (Lipinski definition) is 4. The third-order valence-corrected chi connectivity index (χ3v) is 3.53. The molecule has 2 rings (SSSR count). The Morgan fingerprint density at radius 1 is 1.25 bits per heavy atom. The topological polar surface area (TPSA) is 41.9 Å². The molecule has 2 aliphatic heterocycles. The molecule has 0 spiro atoms. The number of nitrogens with zero attached hydrogens (tertiary/aromatic N) is 1. The fourth-order valence-electron chi connectivity index (χ4n) is 2.54. The maximum atomic E-state index is 9.18. The van der Waals surface area contributed by atoms with E-state index >= 15 is 0 Å². The number of ether oxygens (including phenoxy) is 2. The van der Waals surface area contributed by atoms with E-state index in [-0.39, 0.29) is 12.9 Å². The molecule has 0 bridgehead atoms. The number of rotatable bonds is 5. The molecule has 0 amide bonds. The molecule has 2 heterocycles. The van der Waals surface area contributed by atoms with Gasteiger partial charge in [-0.05, 0) is 38.6 Å². The van der Waals surface area contributed by atoms with Crippen molar-refractivity contribution in [1.82, 2.24) is 4.90 Å². The molecular formula is C12H23NO3. The lowest BCUT2D eigenvalue weighted by molar-refractivity contribution is -0.164. The number of likely N-dealkylation sites (tertiary alicyclic amines) is 1. The third-order valence-electron chi connectivity index (χ3n) is 3.53. The minimum absolute atomic E-state index is 0.0175. The first kappa shape index (κ1) is 12.3. The number of aliphatic hydroxyl groups is 1. The van der Waals surface area contributed by atoms with Gasteiger partial charge in [-0.3, -0.25) is 4.90 Å². The van der Waals surface area contributed by atoms with Crippen molar-refractivity contribution in [2.45, 2.75) is 44.4 Å². The summed E-state index contributed by atoms with van der Waals surface area (Å²) in [6, 6.07) is 0.357. The Bertz CT molecular complexity index is 195. The maximum absolute atomic E-state index is 9.18. The van der Waals surface area contributed by atoms with Crippen LogP contribution in [-0.4, -0.2) is 55.2 Å². The second kappa shape index (κ2) is 6.55. The lowest BCUT2D eigenvalue weighted by atomic mass is 10.2. The van der Waals surface area contributed by atoms with E-state index in [1.54, 1.807) is 0 Å². The smallest absolute Gasteiger partial charge is 0.157 e. The minimum atomic E-state index is 0.0175. The summed E-state index contributed by atoms with van der Waals surface area (Å²) in [6.45, 7) is 3.86. The van der Waals surface area contributed by atoms with Gasteiger partial charge in [0, 0.05) is 19.2 Å². The van der Waals surface area contributed by atoms with Crippen LogP contribution >= 0.6 is 0 Å². The van der Waals surface area contributed by atoms with Crippen LogP contribution in [0.2, 0.25) is 0 Å². The molecule has 2 atom stereocenters. The summed E-state index contributed by atoms with van der Waals surface area (Å²) >= 11 is 0. The van der Waals surface area contributed by atoms with Gasteiger partial charge >= 0.3 is 0 Å². The zero-order valence-electron chi connectivity index (χ0n) is 9.94. The van der Waals surface area contributed by atoms with Crippen molar-refractivity contribution < 1.29 is 14.6 Å². The van der Waals surface area contributed by atoms with Gasteiger partial charge in [-0.25, -0.2) is 0 Å². The fourth-order valence-corrected chi connectivity index (χ4v) is 2.54. The van der Waals surface area contributed by atoms with Crippen molar-refractivity contribution in [2.24, 2.45) is 0 Å². The molecule has 0 aliphatic carbocycles. The maximum Gasteiger partial charge on any atom is 0.157 e. The Hall–Kier alpha value is -0.160. The van der Waals surface area contributed by atoms with Gasteiger partial charge in [-0.1, -0.05) is 0 Å². The Morgan fingerprint density at radius 2 is 2.19 bits per heavy atom. The van der Waals surface area contributed by atoms with E-state index in [0.29, 0.717) is 6.04 Å². The third kappa shape index (κ3) is 3.42. The molecule has 4 heteroatoms. The van der Waals surface area contributed by atoms with Crippen LogP contribution in [0.25, 0.3) is 0 Å². The van der Waals surface area contributed by atoms with Gasteiger partial charge < -0.3 is 14.6 Å². The van der Waals surface area contributed by atoms with Gasteiger partial charge in [0.1, 0.15) is 0 Å². The Morgan fingerprint density at radius 3 is 2.94 bits per heavy atom.